The highest BCUT2D eigenvalue weighted by Crippen LogP contribution is 2.27. The highest BCUT2D eigenvalue weighted by atomic mass is 35.5. The number of likely N-dealkylation sites (tertiary alicyclic amines) is 1. The minimum atomic E-state index is -0.568. The van der Waals surface area contributed by atoms with Crippen LogP contribution in [0, 0.1) is 5.92 Å². The Bertz CT molecular complexity index is 1160. The highest BCUT2D eigenvalue weighted by molar-refractivity contribution is 6.30. The van der Waals surface area contributed by atoms with E-state index in [2.05, 4.69) is 49.4 Å². The lowest BCUT2D eigenvalue weighted by Crippen LogP contribution is -2.41. The topological polar surface area (TPSA) is 79.8 Å². The van der Waals surface area contributed by atoms with E-state index in [-0.39, 0.29) is 11.8 Å². The van der Waals surface area contributed by atoms with Crippen LogP contribution in [-0.2, 0) is 11.3 Å². The molecule has 9 heteroatoms. The molecule has 2 aromatic carbocycles. The number of amides is 1. The molecule has 1 atom stereocenters. The number of methoxy groups -OCH3 is 2. The molecule has 0 spiro atoms. The number of benzene rings is 2. The molecule has 1 aliphatic rings. The molecule has 1 aromatic heterocycles. The Labute approximate surface area is 223 Å². The first kappa shape index (κ1) is 26.7. The molecule has 4 rings (SSSR count). The van der Waals surface area contributed by atoms with E-state index in [1.807, 2.05) is 26.2 Å². The third-order valence-electron chi connectivity index (χ3n) is 6.68. The van der Waals surface area contributed by atoms with Gasteiger partial charge in [-0.15, -0.1) is 0 Å². The average Bonchev–Trinajstić information content (AvgIpc) is 2.92. The van der Waals surface area contributed by atoms with E-state index in [4.69, 9.17) is 21.1 Å². The maximum Gasteiger partial charge on any atom is 0.224 e. The number of carbonyl (C=O) groups is 1. The Hall–Kier alpha value is -3.36. The zero-order valence-corrected chi connectivity index (χ0v) is 22.5. The Kier molecular flexibility index (Phi) is 8.84. The van der Waals surface area contributed by atoms with Crippen molar-refractivity contribution in [3.8, 4) is 11.8 Å². The first-order valence-corrected chi connectivity index (χ1v) is 12.8. The Morgan fingerprint density at radius 2 is 1.62 bits per heavy atom. The van der Waals surface area contributed by atoms with Crippen LogP contribution in [0.3, 0.4) is 0 Å². The first-order valence-electron chi connectivity index (χ1n) is 12.4. The first-order chi connectivity index (χ1) is 17.9. The lowest BCUT2D eigenvalue weighted by atomic mass is 9.94. The van der Waals surface area contributed by atoms with E-state index in [1.165, 1.54) is 25.5 Å². The van der Waals surface area contributed by atoms with Crippen molar-refractivity contribution in [3.63, 3.8) is 0 Å². The molecule has 1 amide bonds. The van der Waals surface area contributed by atoms with E-state index in [1.54, 1.807) is 18.2 Å². The van der Waals surface area contributed by atoms with Crippen LogP contribution in [0.1, 0.15) is 35.8 Å². The summed E-state index contributed by atoms with van der Waals surface area (Å²) in [6.07, 6.45) is 1.58. The molecule has 1 fully saturated rings. The van der Waals surface area contributed by atoms with Crippen LogP contribution in [0.5, 0.6) is 11.8 Å². The number of nitrogens with zero attached hydrogens (tertiary/aromatic N) is 4. The van der Waals surface area contributed by atoms with E-state index in [0.29, 0.717) is 22.6 Å². The van der Waals surface area contributed by atoms with Crippen LogP contribution in [-0.4, -0.2) is 62.2 Å². The average molecular weight is 524 g/mol. The van der Waals surface area contributed by atoms with Crippen molar-refractivity contribution in [2.45, 2.75) is 25.4 Å². The van der Waals surface area contributed by atoms with Crippen LogP contribution in [0.4, 0.5) is 5.69 Å². The molecule has 1 aliphatic heterocycles. The molecule has 1 N–H and O–H groups in total. The van der Waals surface area contributed by atoms with Gasteiger partial charge in [-0.05, 0) is 61.3 Å². The van der Waals surface area contributed by atoms with Gasteiger partial charge in [0.05, 0.1) is 20.3 Å². The quantitative estimate of drug-likeness (QED) is 0.447. The van der Waals surface area contributed by atoms with Gasteiger partial charge in [0.15, 0.2) is 5.82 Å². The van der Waals surface area contributed by atoms with Crippen molar-refractivity contribution in [2.75, 3.05) is 46.3 Å². The Morgan fingerprint density at radius 1 is 1.03 bits per heavy atom. The number of nitrogens with one attached hydrogen (secondary N) is 1. The van der Waals surface area contributed by atoms with E-state index >= 15 is 0 Å². The van der Waals surface area contributed by atoms with Crippen molar-refractivity contribution in [1.82, 2.24) is 20.2 Å². The number of aromatic nitrogens is 2. The van der Waals surface area contributed by atoms with Crippen molar-refractivity contribution < 1.29 is 14.3 Å². The van der Waals surface area contributed by atoms with Crippen LogP contribution >= 0.6 is 11.6 Å². The predicted octanol–water partition coefficient (Wildman–Crippen LogP) is 4.33. The number of piperidine rings is 1. The molecule has 2 heterocycles. The van der Waals surface area contributed by atoms with E-state index in [9.17, 15) is 4.79 Å². The third-order valence-corrected chi connectivity index (χ3v) is 6.93. The minimum absolute atomic E-state index is 0.0136. The summed E-state index contributed by atoms with van der Waals surface area (Å²) < 4.78 is 10.7. The standard InChI is InChI=1S/C28H34ClN5O3/c1-33(2)23-11-5-19(6-12-23)18-34-15-13-21(14-16-34)28(35)32-26(20-7-9-22(29)10-8-20)27-30-24(36-3)17-25(31-27)37-4/h5-12,17,21,26H,13-16,18H2,1-4H3,(H,32,35). The molecule has 1 unspecified atom stereocenters. The highest BCUT2D eigenvalue weighted by Gasteiger charge is 2.29. The van der Waals surface area contributed by atoms with Crippen molar-refractivity contribution >= 4 is 23.2 Å². The van der Waals surface area contributed by atoms with Crippen molar-refractivity contribution in [2.24, 2.45) is 5.92 Å². The van der Waals surface area contributed by atoms with E-state index < -0.39 is 6.04 Å². The second kappa shape index (κ2) is 12.3. The molecular weight excluding hydrogens is 490 g/mol. The molecule has 3 aromatic rings. The molecular formula is C28H34ClN5O3. The minimum Gasteiger partial charge on any atom is -0.481 e. The summed E-state index contributed by atoms with van der Waals surface area (Å²) in [5.74, 6) is 1.02. The van der Waals surface area contributed by atoms with Gasteiger partial charge in [-0.3, -0.25) is 9.69 Å². The second-order valence-corrected chi connectivity index (χ2v) is 9.85. The van der Waals surface area contributed by atoms with Gasteiger partial charge in [-0.25, -0.2) is 0 Å². The molecule has 37 heavy (non-hydrogen) atoms. The summed E-state index contributed by atoms with van der Waals surface area (Å²) >= 11 is 6.11. The zero-order valence-electron chi connectivity index (χ0n) is 21.8. The van der Waals surface area contributed by atoms with Crippen LogP contribution < -0.4 is 19.7 Å². The van der Waals surface area contributed by atoms with Gasteiger partial charge >= 0.3 is 0 Å². The summed E-state index contributed by atoms with van der Waals surface area (Å²) in [6.45, 7) is 2.61. The summed E-state index contributed by atoms with van der Waals surface area (Å²) in [5.41, 5.74) is 3.29. The summed E-state index contributed by atoms with van der Waals surface area (Å²) in [6, 6.07) is 17.0. The van der Waals surface area contributed by atoms with Gasteiger partial charge in [-0.2, -0.15) is 9.97 Å². The second-order valence-electron chi connectivity index (χ2n) is 9.42. The number of halogens is 1. The van der Waals surface area contributed by atoms with Gasteiger partial charge < -0.3 is 19.7 Å². The van der Waals surface area contributed by atoms with Gasteiger partial charge in [0.1, 0.15) is 6.04 Å². The van der Waals surface area contributed by atoms with Gasteiger partial charge in [0.2, 0.25) is 17.7 Å². The van der Waals surface area contributed by atoms with E-state index in [0.717, 1.165) is 38.0 Å². The summed E-state index contributed by atoms with van der Waals surface area (Å²) in [7, 11) is 7.15. The lowest BCUT2D eigenvalue weighted by molar-refractivity contribution is -0.127. The van der Waals surface area contributed by atoms with Crippen LogP contribution in [0.2, 0.25) is 5.02 Å². The van der Waals surface area contributed by atoms with Gasteiger partial charge in [-0.1, -0.05) is 35.9 Å². The predicted molar refractivity (Wildman–Crippen MR) is 145 cm³/mol. The fourth-order valence-electron chi connectivity index (χ4n) is 4.48. The van der Waals surface area contributed by atoms with Gasteiger partial charge in [0, 0.05) is 37.3 Å². The van der Waals surface area contributed by atoms with Crippen molar-refractivity contribution in [3.05, 3.63) is 76.6 Å². The number of ether oxygens (including phenoxy) is 2. The maximum atomic E-state index is 13.4. The summed E-state index contributed by atoms with van der Waals surface area (Å²) in [5, 5.41) is 3.79. The number of hydrogen-bond acceptors (Lipinski definition) is 7. The largest absolute Gasteiger partial charge is 0.481 e. The van der Waals surface area contributed by atoms with Crippen LogP contribution in [0.25, 0.3) is 0 Å². The van der Waals surface area contributed by atoms with Crippen LogP contribution in [0.15, 0.2) is 54.6 Å². The third kappa shape index (κ3) is 6.90. The zero-order chi connectivity index (χ0) is 26.4. The fourth-order valence-corrected chi connectivity index (χ4v) is 4.61. The smallest absolute Gasteiger partial charge is 0.224 e. The number of anilines is 1. The molecule has 0 radical (unpaired) electrons. The molecule has 0 saturated carbocycles. The SMILES string of the molecule is COc1cc(OC)nc(C(NC(=O)C2CCN(Cc3ccc(N(C)C)cc3)CC2)c2ccc(Cl)cc2)n1. The lowest BCUT2D eigenvalue weighted by Gasteiger charge is -2.32. The normalized spacial score (nSPS) is 15.2. The molecule has 196 valence electrons. The number of hydrogen-bond donors (Lipinski definition) is 1. The fraction of sp³-hybridized carbons (Fsp3) is 0.393. The summed E-state index contributed by atoms with van der Waals surface area (Å²) in [4.78, 5) is 26.9. The molecule has 8 nitrogen and oxygen atoms in total. The monoisotopic (exact) mass is 523 g/mol. The number of carbonyl (C=O) groups excluding carboxylic acids is 1. The molecule has 0 bridgehead atoms. The Balaban J connectivity index is 1.44. The number of rotatable bonds is 9. The Morgan fingerprint density at radius 3 is 2.16 bits per heavy atom. The molecule has 1 saturated heterocycles. The van der Waals surface area contributed by atoms with Crippen molar-refractivity contribution in [1.29, 1.82) is 0 Å². The maximum absolute atomic E-state index is 13.4. The van der Waals surface area contributed by atoms with Gasteiger partial charge in [0.25, 0.3) is 0 Å². The molecule has 0 aliphatic carbocycles.